The van der Waals surface area contributed by atoms with E-state index in [-0.39, 0.29) is 23.9 Å². The minimum Gasteiger partial charge on any atom is -0.467 e. The van der Waals surface area contributed by atoms with E-state index in [4.69, 9.17) is 28.2 Å². The van der Waals surface area contributed by atoms with Gasteiger partial charge >= 0.3 is 0 Å². The van der Waals surface area contributed by atoms with Crippen molar-refractivity contribution >= 4 is 46.2 Å². The molecule has 184 valence electrons. The molecule has 1 amide bonds. The summed E-state index contributed by atoms with van der Waals surface area (Å²) in [6, 6.07) is 19.0. The monoisotopic (exact) mass is 519 g/mol. The molecule has 5 rings (SSSR count). The van der Waals surface area contributed by atoms with Gasteiger partial charge in [-0.05, 0) is 66.8 Å². The van der Waals surface area contributed by atoms with Gasteiger partial charge in [0.25, 0.3) is 0 Å². The van der Waals surface area contributed by atoms with Gasteiger partial charge in [-0.2, -0.15) is 0 Å². The van der Waals surface area contributed by atoms with E-state index in [1.54, 1.807) is 12.5 Å². The first-order chi connectivity index (χ1) is 17.4. The van der Waals surface area contributed by atoms with E-state index < -0.39 is 0 Å². The van der Waals surface area contributed by atoms with Crippen molar-refractivity contribution in [2.45, 2.75) is 32.5 Å². The Bertz CT molecular complexity index is 1370. The molecule has 7 nitrogen and oxygen atoms in total. The van der Waals surface area contributed by atoms with Crippen molar-refractivity contribution in [3.05, 3.63) is 101 Å². The minimum absolute atomic E-state index is 0.0909. The minimum atomic E-state index is -0.204. The molecule has 4 heterocycles. The Kier molecular flexibility index (Phi) is 6.80. The number of hydrogen-bond donors (Lipinski definition) is 2. The summed E-state index contributed by atoms with van der Waals surface area (Å²) in [6.45, 7) is 4.26. The van der Waals surface area contributed by atoms with Crippen molar-refractivity contribution in [3.8, 4) is 0 Å². The second-order valence-electron chi connectivity index (χ2n) is 8.95. The molecule has 4 aromatic rings. The molecule has 2 N–H and O–H groups in total. The number of amides is 1. The predicted octanol–water partition coefficient (Wildman–Crippen LogP) is 5.95. The lowest BCUT2D eigenvalue weighted by Crippen LogP contribution is -2.30. The molecule has 2 unspecified atom stereocenters. The zero-order valence-electron chi connectivity index (χ0n) is 19.9. The second kappa shape index (κ2) is 10.2. The number of furan rings is 1. The van der Waals surface area contributed by atoms with Gasteiger partial charge in [0.05, 0.1) is 35.3 Å². The highest BCUT2D eigenvalue weighted by molar-refractivity contribution is 7.80. The Labute approximate surface area is 220 Å². The number of pyridine rings is 1. The van der Waals surface area contributed by atoms with Crippen LogP contribution in [0.15, 0.2) is 83.7 Å². The first-order valence-corrected chi connectivity index (χ1v) is 12.5. The summed E-state index contributed by atoms with van der Waals surface area (Å²) in [5, 5.41) is 7.36. The number of nitrogens with zero attached hydrogens (tertiary/aromatic N) is 3. The van der Waals surface area contributed by atoms with Gasteiger partial charge in [0.2, 0.25) is 5.91 Å². The fourth-order valence-corrected chi connectivity index (χ4v) is 4.94. The average Bonchev–Trinajstić information content (AvgIpc) is 3.61. The SMILES string of the molecule is CC(C)C(=O)Nc1ccc(N2C(=S)NC(c3ccccn3)C2c2cccn2Cc2ccco2)cc1Cl. The number of benzene rings is 1. The number of nitrogens with one attached hydrogen (secondary N) is 2. The molecule has 1 aliphatic heterocycles. The van der Waals surface area contributed by atoms with E-state index in [9.17, 15) is 4.79 Å². The molecule has 1 fully saturated rings. The number of carbonyl (C=O) groups excluding carboxylic acids is 1. The summed E-state index contributed by atoms with van der Waals surface area (Å²) in [6.07, 6.45) is 5.49. The summed E-state index contributed by atoms with van der Waals surface area (Å²) >= 11 is 12.5. The van der Waals surface area contributed by atoms with Crippen molar-refractivity contribution in [1.82, 2.24) is 14.9 Å². The standard InChI is InChI=1S/C27H26ClN5O2S/c1-17(2)26(34)30-21-11-10-18(15-20(21)28)33-25(24(31-27(33)36)22-8-3-4-12-29-22)23-9-5-13-32(23)16-19-7-6-14-35-19/h3-15,17,24-25H,16H2,1-2H3,(H,30,34)(H,31,36). The molecule has 0 saturated carbocycles. The normalized spacial score (nSPS) is 17.4. The fraction of sp³-hybridized carbons (Fsp3) is 0.222. The molecule has 3 aromatic heterocycles. The van der Waals surface area contributed by atoms with E-state index in [1.807, 2.05) is 74.6 Å². The van der Waals surface area contributed by atoms with Crippen LogP contribution in [0.5, 0.6) is 0 Å². The van der Waals surface area contributed by atoms with Crippen LogP contribution in [0.25, 0.3) is 0 Å². The molecule has 0 radical (unpaired) electrons. The molecule has 1 aliphatic rings. The smallest absolute Gasteiger partial charge is 0.226 e. The fourth-order valence-electron chi connectivity index (χ4n) is 4.38. The van der Waals surface area contributed by atoms with Crippen molar-refractivity contribution < 1.29 is 9.21 Å². The van der Waals surface area contributed by atoms with E-state index in [1.165, 1.54) is 0 Å². The highest BCUT2D eigenvalue weighted by Gasteiger charge is 2.42. The predicted molar refractivity (Wildman–Crippen MR) is 145 cm³/mol. The van der Waals surface area contributed by atoms with E-state index >= 15 is 0 Å². The molecule has 1 saturated heterocycles. The lowest BCUT2D eigenvalue weighted by molar-refractivity contribution is -0.118. The molecule has 0 aliphatic carbocycles. The highest BCUT2D eigenvalue weighted by Crippen LogP contribution is 2.43. The maximum atomic E-state index is 12.2. The molecule has 9 heteroatoms. The van der Waals surface area contributed by atoms with Crippen LogP contribution in [0, 0.1) is 5.92 Å². The summed E-state index contributed by atoms with van der Waals surface area (Å²) in [4.78, 5) is 18.9. The number of rotatable bonds is 7. The van der Waals surface area contributed by atoms with Crippen LogP contribution in [-0.4, -0.2) is 20.6 Å². The third-order valence-corrected chi connectivity index (χ3v) is 6.81. The Morgan fingerprint density at radius 2 is 2.06 bits per heavy atom. The van der Waals surface area contributed by atoms with Gasteiger partial charge in [0.1, 0.15) is 11.8 Å². The number of halogens is 1. The number of aromatic nitrogens is 2. The molecular weight excluding hydrogens is 494 g/mol. The number of hydrogen-bond acceptors (Lipinski definition) is 4. The third kappa shape index (κ3) is 4.74. The highest BCUT2D eigenvalue weighted by atomic mass is 35.5. The third-order valence-electron chi connectivity index (χ3n) is 6.19. The molecule has 0 spiro atoms. The van der Waals surface area contributed by atoms with E-state index in [2.05, 4.69) is 31.2 Å². The Balaban J connectivity index is 1.55. The number of carbonyl (C=O) groups is 1. The number of thiocarbonyl (C=S) groups is 1. The summed E-state index contributed by atoms with van der Waals surface area (Å²) in [7, 11) is 0. The van der Waals surface area contributed by atoms with Crippen LogP contribution in [0.1, 0.15) is 43.1 Å². The summed E-state index contributed by atoms with van der Waals surface area (Å²) in [5.41, 5.74) is 3.30. The van der Waals surface area contributed by atoms with Gasteiger partial charge < -0.3 is 24.5 Å². The zero-order valence-corrected chi connectivity index (χ0v) is 21.5. The summed E-state index contributed by atoms with van der Waals surface area (Å²) in [5.74, 6) is 0.614. The van der Waals surface area contributed by atoms with E-state index in [0.717, 1.165) is 22.8 Å². The van der Waals surface area contributed by atoms with Crippen LogP contribution in [0.3, 0.4) is 0 Å². The van der Waals surface area contributed by atoms with Gasteiger partial charge in [-0.3, -0.25) is 9.78 Å². The van der Waals surface area contributed by atoms with Gasteiger partial charge in [0.15, 0.2) is 5.11 Å². The van der Waals surface area contributed by atoms with Gasteiger partial charge in [0, 0.05) is 29.7 Å². The molecule has 0 bridgehead atoms. The molecular formula is C27H26ClN5O2S. The topological polar surface area (TPSA) is 75.3 Å². The lowest BCUT2D eigenvalue weighted by atomic mass is 10.0. The lowest BCUT2D eigenvalue weighted by Gasteiger charge is -2.29. The quantitative estimate of drug-likeness (QED) is 0.294. The van der Waals surface area contributed by atoms with Crippen molar-refractivity contribution in [2.75, 3.05) is 10.2 Å². The summed E-state index contributed by atoms with van der Waals surface area (Å²) < 4.78 is 7.76. The van der Waals surface area contributed by atoms with Crippen LogP contribution in [0.2, 0.25) is 5.02 Å². The van der Waals surface area contributed by atoms with E-state index in [0.29, 0.717) is 22.4 Å². The van der Waals surface area contributed by atoms with Crippen LogP contribution in [0.4, 0.5) is 11.4 Å². The first kappa shape index (κ1) is 24.1. The number of anilines is 2. The maximum Gasteiger partial charge on any atom is 0.226 e. The Morgan fingerprint density at radius 1 is 1.19 bits per heavy atom. The van der Waals surface area contributed by atoms with Gasteiger partial charge in [-0.25, -0.2) is 0 Å². The average molecular weight is 520 g/mol. The largest absolute Gasteiger partial charge is 0.467 e. The van der Waals surface area contributed by atoms with Crippen LogP contribution < -0.4 is 15.5 Å². The van der Waals surface area contributed by atoms with Crippen molar-refractivity contribution in [2.24, 2.45) is 5.92 Å². The zero-order chi connectivity index (χ0) is 25.2. The second-order valence-corrected chi connectivity index (χ2v) is 9.74. The maximum absolute atomic E-state index is 12.2. The molecule has 36 heavy (non-hydrogen) atoms. The Hall–Kier alpha value is -3.62. The van der Waals surface area contributed by atoms with Gasteiger partial charge in [-0.1, -0.05) is 31.5 Å². The van der Waals surface area contributed by atoms with Crippen molar-refractivity contribution in [1.29, 1.82) is 0 Å². The van der Waals surface area contributed by atoms with Gasteiger partial charge in [-0.15, -0.1) is 0 Å². The molecule has 1 aromatic carbocycles. The first-order valence-electron chi connectivity index (χ1n) is 11.7. The van der Waals surface area contributed by atoms with Crippen LogP contribution in [-0.2, 0) is 11.3 Å². The van der Waals surface area contributed by atoms with Crippen LogP contribution >= 0.6 is 23.8 Å². The Morgan fingerprint density at radius 3 is 2.75 bits per heavy atom. The molecule has 2 atom stereocenters. The van der Waals surface area contributed by atoms with Crippen molar-refractivity contribution in [3.63, 3.8) is 0 Å².